The molecule has 1 aromatic heterocycles. The number of nitrogens with zero attached hydrogens (tertiary/aromatic N) is 1. The summed E-state index contributed by atoms with van der Waals surface area (Å²) in [7, 11) is -4.64. The number of nitrogens with one attached hydrogen (secondary N) is 1. The maximum Gasteiger partial charge on any atom is 0.466 e. The molecule has 0 saturated heterocycles. The van der Waals surface area contributed by atoms with E-state index in [0.717, 1.165) is 0 Å². The summed E-state index contributed by atoms with van der Waals surface area (Å²) in [4.78, 5) is 37.4. The smallest absolute Gasteiger partial charge is 0.466 e. The fourth-order valence-electron chi connectivity index (χ4n) is 0.382. The number of aromatic carboxylic acids is 1. The molecule has 0 unspecified atom stereocenters. The van der Waals surface area contributed by atoms with Gasteiger partial charge in [0, 0.05) is 12.4 Å². The van der Waals surface area contributed by atoms with E-state index in [1.165, 1.54) is 12.4 Å². The molecule has 0 aliphatic heterocycles. The molecule has 0 atom stereocenters. The maximum absolute atomic E-state index is 9.97. The summed E-state index contributed by atoms with van der Waals surface area (Å²) in [6, 6.07) is 0. The van der Waals surface area contributed by atoms with Crippen molar-refractivity contribution in [2.24, 2.45) is 0 Å². The van der Waals surface area contributed by atoms with E-state index in [1.54, 1.807) is 0 Å². The predicted octanol–water partition coefficient (Wildman–Crippen LogP) is -0.821. The highest BCUT2D eigenvalue weighted by Crippen LogP contribution is 2.25. The first-order chi connectivity index (χ1) is 5.80. The number of carboxylic acid groups (broad SMARTS) is 1. The molecule has 0 aliphatic carbocycles. The lowest BCUT2D eigenvalue weighted by Crippen LogP contribution is -1.97. The Hall–Kier alpha value is -1.21. The van der Waals surface area contributed by atoms with E-state index in [2.05, 4.69) is 9.97 Å². The number of hydrogen-bond acceptors (Lipinski definition) is 3. The van der Waals surface area contributed by atoms with Gasteiger partial charge in [-0.1, -0.05) is 0 Å². The first-order valence-electron chi connectivity index (χ1n) is 2.81. The molecular formula is C4H7N2O6P. The molecule has 1 aromatic rings. The molecule has 0 radical (unpaired) electrons. The van der Waals surface area contributed by atoms with E-state index in [1.807, 2.05) is 0 Å². The number of H-pyrrole nitrogens is 1. The Morgan fingerprint density at radius 3 is 2.08 bits per heavy atom. The van der Waals surface area contributed by atoms with E-state index >= 15 is 0 Å². The van der Waals surface area contributed by atoms with Gasteiger partial charge in [-0.3, -0.25) is 0 Å². The Bertz CT molecular complexity index is 294. The number of imidazole rings is 1. The van der Waals surface area contributed by atoms with E-state index in [4.69, 9.17) is 24.4 Å². The molecule has 1 rings (SSSR count). The first-order valence-corrected chi connectivity index (χ1v) is 4.38. The number of aromatic nitrogens is 2. The number of hydrogen-bond donors (Lipinski definition) is 5. The Morgan fingerprint density at radius 2 is 1.92 bits per heavy atom. The summed E-state index contributed by atoms with van der Waals surface area (Å²) in [6.07, 6.45) is 2.85. The molecule has 0 saturated carbocycles. The highest BCUT2D eigenvalue weighted by atomic mass is 31.2. The third-order valence-electron chi connectivity index (χ3n) is 0.701. The molecule has 0 amide bonds. The second kappa shape index (κ2) is 4.73. The van der Waals surface area contributed by atoms with Crippen LogP contribution in [-0.4, -0.2) is 35.7 Å². The standard InChI is InChI=1S/C4H4N2O2.H3O4P/c7-4(8)3-5-1-2-6-3;1-5(2,3)4/h1-2H,(H,5,6)(H,7,8);(H3,1,2,3,4). The average Bonchev–Trinajstić information content (AvgIpc) is 2.31. The molecule has 13 heavy (non-hydrogen) atoms. The highest BCUT2D eigenvalue weighted by molar-refractivity contribution is 7.45. The van der Waals surface area contributed by atoms with Crippen molar-refractivity contribution >= 4 is 13.8 Å². The van der Waals surface area contributed by atoms with E-state index < -0.39 is 13.8 Å². The van der Waals surface area contributed by atoms with Crippen molar-refractivity contribution in [3.63, 3.8) is 0 Å². The molecule has 0 fully saturated rings. The lowest BCUT2D eigenvalue weighted by Gasteiger charge is -1.82. The van der Waals surface area contributed by atoms with Crippen molar-refractivity contribution in [2.45, 2.75) is 0 Å². The van der Waals surface area contributed by atoms with Gasteiger partial charge >= 0.3 is 13.8 Å². The van der Waals surface area contributed by atoms with Crippen molar-refractivity contribution < 1.29 is 29.1 Å². The molecule has 1 heterocycles. The number of aromatic amines is 1. The van der Waals surface area contributed by atoms with Gasteiger partial charge in [0.2, 0.25) is 5.82 Å². The van der Waals surface area contributed by atoms with Crippen LogP contribution in [0.5, 0.6) is 0 Å². The quantitative estimate of drug-likeness (QED) is 0.381. The lowest BCUT2D eigenvalue weighted by molar-refractivity contribution is 0.0684. The number of rotatable bonds is 1. The molecule has 74 valence electrons. The SMILES string of the molecule is O=C(O)c1ncc[nH]1.O=P(O)(O)O. The number of carbonyl (C=O) groups is 1. The van der Waals surface area contributed by atoms with E-state index in [9.17, 15) is 4.79 Å². The second-order valence-electron chi connectivity index (χ2n) is 1.76. The fourth-order valence-corrected chi connectivity index (χ4v) is 0.382. The van der Waals surface area contributed by atoms with Gasteiger partial charge in [0.05, 0.1) is 0 Å². The van der Waals surface area contributed by atoms with Crippen molar-refractivity contribution in [3.05, 3.63) is 18.2 Å². The molecule has 5 N–H and O–H groups in total. The van der Waals surface area contributed by atoms with Gasteiger partial charge in [0.15, 0.2) is 0 Å². The van der Waals surface area contributed by atoms with Crippen molar-refractivity contribution in [1.29, 1.82) is 0 Å². The first kappa shape index (κ1) is 11.8. The molecule has 0 aliphatic rings. The van der Waals surface area contributed by atoms with Gasteiger partial charge in [-0.05, 0) is 0 Å². The molecule has 0 aromatic carbocycles. The van der Waals surface area contributed by atoms with Crippen molar-refractivity contribution in [2.75, 3.05) is 0 Å². The molecule has 0 spiro atoms. The van der Waals surface area contributed by atoms with E-state index in [-0.39, 0.29) is 5.82 Å². The van der Waals surface area contributed by atoms with Gasteiger partial charge in [0.25, 0.3) is 0 Å². The highest BCUT2D eigenvalue weighted by Gasteiger charge is 2.01. The topological polar surface area (TPSA) is 144 Å². The van der Waals surface area contributed by atoms with Gasteiger partial charge < -0.3 is 24.8 Å². The van der Waals surface area contributed by atoms with Crippen LogP contribution in [0.25, 0.3) is 0 Å². The van der Waals surface area contributed by atoms with Gasteiger partial charge in [-0.15, -0.1) is 0 Å². The molecular weight excluding hydrogens is 203 g/mol. The Balaban J connectivity index is 0.000000252. The fraction of sp³-hybridized carbons (Fsp3) is 0. The zero-order chi connectivity index (χ0) is 10.5. The number of carboxylic acids is 1. The predicted molar refractivity (Wildman–Crippen MR) is 39.8 cm³/mol. The van der Waals surface area contributed by atoms with Crippen LogP contribution in [0.15, 0.2) is 12.4 Å². The third-order valence-corrected chi connectivity index (χ3v) is 0.701. The summed E-state index contributed by atoms with van der Waals surface area (Å²) in [5.41, 5.74) is 0. The third kappa shape index (κ3) is 8.70. The lowest BCUT2D eigenvalue weighted by atomic mass is 10.7. The van der Waals surface area contributed by atoms with Crippen LogP contribution in [0.4, 0.5) is 0 Å². The minimum atomic E-state index is -4.64. The number of phosphoric acid groups is 1. The largest absolute Gasteiger partial charge is 0.475 e. The summed E-state index contributed by atoms with van der Waals surface area (Å²) in [5.74, 6) is -1.06. The maximum atomic E-state index is 9.97. The summed E-state index contributed by atoms with van der Waals surface area (Å²) < 4.78 is 8.88. The average molecular weight is 210 g/mol. The van der Waals surface area contributed by atoms with Crippen molar-refractivity contribution in [3.8, 4) is 0 Å². The Kier molecular flexibility index (Phi) is 4.29. The molecule has 8 nitrogen and oxygen atoms in total. The molecule has 9 heteroatoms. The van der Waals surface area contributed by atoms with Crippen LogP contribution in [0.2, 0.25) is 0 Å². The second-order valence-corrected chi connectivity index (χ2v) is 2.78. The molecule has 0 bridgehead atoms. The summed E-state index contributed by atoms with van der Waals surface area (Å²) in [5, 5.41) is 8.18. The zero-order valence-corrected chi connectivity index (χ0v) is 7.05. The summed E-state index contributed by atoms with van der Waals surface area (Å²) >= 11 is 0. The van der Waals surface area contributed by atoms with Gasteiger partial charge in [-0.25, -0.2) is 14.3 Å². The van der Waals surface area contributed by atoms with Crippen molar-refractivity contribution in [1.82, 2.24) is 9.97 Å². The Morgan fingerprint density at radius 1 is 1.46 bits per heavy atom. The summed E-state index contributed by atoms with van der Waals surface area (Å²) in [6.45, 7) is 0. The van der Waals surface area contributed by atoms with Gasteiger partial charge in [-0.2, -0.15) is 0 Å². The van der Waals surface area contributed by atoms with Crippen LogP contribution in [0.1, 0.15) is 10.6 Å². The van der Waals surface area contributed by atoms with Crippen LogP contribution >= 0.6 is 7.82 Å². The Labute approximate surface area is 72.1 Å². The van der Waals surface area contributed by atoms with Gasteiger partial charge in [0.1, 0.15) is 0 Å². The minimum absolute atomic E-state index is 0.0231. The normalized spacial score (nSPS) is 10.1. The van der Waals surface area contributed by atoms with Crippen LogP contribution in [0.3, 0.4) is 0 Å². The van der Waals surface area contributed by atoms with Crippen LogP contribution in [0, 0.1) is 0 Å². The minimum Gasteiger partial charge on any atom is -0.475 e. The zero-order valence-electron chi connectivity index (χ0n) is 6.15. The van der Waals surface area contributed by atoms with Crippen LogP contribution in [-0.2, 0) is 4.57 Å². The van der Waals surface area contributed by atoms with E-state index in [0.29, 0.717) is 0 Å². The monoisotopic (exact) mass is 210 g/mol. The van der Waals surface area contributed by atoms with Crippen LogP contribution < -0.4 is 0 Å².